The zero-order chi connectivity index (χ0) is 13.4. The first kappa shape index (κ1) is 12.5. The monoisotopic (exact) mass is 287 g/mol. The Kier molecular flexibility index (Phi) is 3.21. The van der Waals surface area contributed by atoms with Crippen LogP contribution in [0.4, 0.5) is 5.69 Å². The zero-order valence-electron chi connectivity index (χ0n) is 10.9. The first-order chi connectivity index (χ1) is 9.18. The van der Waals surface area contributed by atoms with Crippen LogP contribution in [0.2, 0.25) is 5.02 Å². The Balaban J connectivity index is 2.36. The lowest BCUT2D eigenvalue weighted by atomic mass is 10.1. The molecule has 0 aliphatic heterocycles. The van der Waals surface area contributed by atoms with Crippen LogP contribution < -0.4 is 4.90 Å². The van der Waals surface area contributed by atoms with E-state index in [0.29, 0.717) is 0 Å². The molecule has 3 rings (SSSR count). The summed E-state index contributed by atoms with van der Waals surface area (Å²) in [6, 6.07) is 16.6. The fraction of sp³-hybridized carbons (Fsp3) is 0.125. The lowest BCUT2D eigenvalue weighted by Crippen LogP contribution is -2.08. The van der Waals surface area contributed by atoms with E-state index in [4.69, 9.17) is 11.6 Å². The number of benzene rings is 2. The molecule has 0 atom stereocenters. The number of halogens is 1. The molecule has 0 unspecified atom stereocenters. The quantitative estimate of drug-likeness (QED) is 0.619. The van der Waals surface area contributed by atoms with Crippen LogP contribution in [0.1, 0.15) is 0 Å². The van der Waals surface area contributed by atoms with Crippen LogP contribution in [0.5, 0.6) is 0 Å². The van der Waals surface area contributed by atoms with Crippen molar-refractivity contribution < 1.29 is 0 Å². The molecule has 1 aromatic heterocycles. The van der Waals surface area contributed by atoms with Crippen LogP contribution >= 0.6 is 22.9 Å². The highest BCUT2D eigenvalue weighted by atomic mass is 35.5. The maximum Gasteiger partial charge on any atom is 0.0630 e. The van der Waals surface area contributed by atoms with Gasteiger partial charge in [0.05, 0.1) is 20.3 Å². The summed E-state index contributed by atoms with van der Waals surface area (Å²) in [5.74, 6) is 0. The third-order valence-electron chi connectivity index (χ3n) is 3.12. The summed E-state index contributed by atoms with van der Waals surface area (Å²) in [6.07, 6.45) is 0. The molecule has 0 bridgehead atoms. The molecule has 2 aromatic carbocycles. The molecule has 0 aliphatic rings. The number of hydrogen-bond donors (Lipinski definition) is 0. The van der Waals surface area contributed by atoms with E-state index >= 15 is 0 Å². The summed E-state index contributed by atoms with van der Waals surface area (Å²) in [7, 11) is 4.16. The Hall–Kier alpha value is -1.51. The van der Waals surface area contributed by atoms with Crippen molar-refractivity contribution in [1.82, 2.24) is 0 Å². The molecule has 19 heavy (non-hydrogen) atoms. The molecule has 3 heteroatoms. The fourth-order valence-electron chi connectivity index (χ4n) is 2.30. The average Bonchev–Trinajstić information content (AvgIpc) is 2.81. The van der Waals surface area contributed by atoms with Gasteiger partial charge in [-0.1, -0.05) is 54.1 Å². The molecule has 0 saturated carbocycles. The van der Waals surface area contributed by atoms with E-state index in [9.17, 15) is 0 Å². The van der Waals surface area contributed by atoms with Gasteiger partial charge in [-0.25, -0.2) is 0 Å². The van der Waals surface area contributed by atoms with Crippen molar-refractivity contribution in [2.24, 2.45) is 0 Å². The number of thiophene rings is 1. The summed E-state index contributed by atoms with van der Waals surface area (Å²) in [4.78, 5) is 3.44. The third-order valence-corrected chi connectivity index (χ3v) is 4.83. The number of hydrogen-bond acceptors (Lipinski definition) is 2. The average molecular weight is 288 g/mol. The van der Waals surface area contributed by atoms with Gasteiger partial charge in [-0.15, -0.1) is 11.3 Å². The summed E-state index contributed by atoms with van der Waals surface area (Å²) < 4.78 is 1.16. The molecule has 0 radical (unpaired) electrons. The smallest absolute Gasteiger partial charge is 0.0630 e. The van der Waals surface area contributed by atoms with Crippen molar-refractivity contribution in [3.8, 4) is 10.4 Å². The van der Waals surface area contributed by atoms with Gasteiger partial charge < -0.3 is 4.90 Å². The second-order valence-electron chi connectivity index (χ2n) is 4.66. The number of anilines is 1. The third kappa shape index (κ3) is 2.11. The van der Waals surface area contributed by atoms with Gasteiger partial charge in [0, 0.05) is 19.5 Å². The highest BCUT2D eigenvalue weighted by Gasteiger charge is 2.16. The predicted molar refractivity (Wildman–Crippen MR) is 86.6 cm³/mol. The van der Waals surface area contributed by atoms with Crippen LogP contribution in [0.15, 0.2) is 48.5 Å². The van der Waals surface area contributed by atoms with Crippen molar-refractivity contribution >= 4 is 38.7 Å². The second kappa shape index (κ2) is 4.87. The van der Waals surface area contributed by atoms with Gasteiger partial charge >= 0.3 is 0 Å². The topological polar surface area (TPSA) is 3.24 Å². The van der Waals surface area contributed by atoms with E-state index in [1.54, 1.807) is 11.3 Å². The Morgan fingerprint density at radius 1 is 0.947 bits per heavy atom. The first-order valence-electron chi connectivity index (χ1n) is 6.12. The van der Waals surface area contributed by atoms with Crippen LogP contribution in [0.3, 0.4) is 0 Å². The fourth-order valence-corrected chi connectivity index (χ4v) is 3.88. The van der Waals surface area contributed by atoms with Gasteiger partial charge in [-0.05, 0) is 11.6 Å². The van der Waals surface area contributed by atoms with E-state index in [0.717, 1.165) is 9.72 Å². The first-order valence-corrected chi connectivity index (χ1v) is 7.31. The molecule has 0 fully saturated rings. The number of rotatable bonds is 2. The summed E-state index contributed by atoms with van der Waals surface area (Å²) in [5.41, 5.74) is 2.48. The molecule has 1 heterocycles. The van der Waals surface area contributed by atoms with E-state index < -0.39 is 0 Å². The molecule has 0 N–H and O–H groups in total. The summed E-state index contributed by atoms with van der Waals surface area (Å²) >= 11 is 8.08. The highest BCUT2D eigenvalue weighted by Crippen LogP contribution is 2.46. The minimum atomic E-state index is 0.827. The molecule has 0 saturated heterocycles. The van der Waals surface area contributed by atoms with Crippen LogP contribution in [0, 0.1) is 0 Å². The molecule has 0 spiro atoms. The molecule has 96 valence electrons. The number of nitrogens with zero attached hydrogens (tertiary/aromatic N) is 1. The van der Waals surface area contributed by atoms with Crippen LogP contribution in [-0.4, -0.2) is 14.1 Å². The summed E-state index contributed by atoms with van der Waals surface area (Å²) in [5, 5.41) is 2.05. The largest absolute Gasteiger partial charge is 0.376 e. The maximum atomic E-state index is 6.33. The molecule has 3 aromatic rings. The Morgan fingerprint density at radius 2 is 1.68 bits per heavy atom. The molecular weight excluding hydrogens is 274 g/mol. The lowest BCUT2D eigenvalue weighted by Gasteiger charge is -2.14. The zero-order valence-corrected chi connectivity index (χ0v) is 12.4. The van der Waals surface area contributed by atoms with Crippen molar-refractivity contribution in [2.45, 2.75) is 0 Å². The summed E-state index contributed by atoms with van der Waals surface area (Å²) in [6.45, 7) is 0. The van der Waals surface area contributed by atoms with E-state index in [2.05, 4.69) is 49.3 Å². The van der Waals surface area contributed by atoms with Gasteiger partial charge in [0.15, 0.2) is 0 Å². The minimum absolute atomic E-state index is 0.827. The van der Waals surface area contributed by atoms with Crippen molar-refractivity contribution in [1.29, 1.82) is 0 Å². The lowest BCUT2D eigenvalue weighted by molar-refractivity contribution is 1.15. The van der Waals surface area contributed by atoms with E-state index in [-0.39, 0.29) is 0 Å². The maximum absolute atomic E-state index is 6.33. The Bertz CT molecular complexity index is 716. The van der Waals surface area contributed by atoms with Gasteiger partial charge in [0.1, 0.15) is 0 Å². The highest BCUT2D eigenvalue weighted by molar-refractivity contribution is 7.23. The van der Waals surface area contributed by atoms with Gasteiger partial charge in [-0.2, -0.15) is 0 Å². The normalized spacial score (nSPS) is 10.9. The standard InChI is InChI=1S/C16H14ClNS/c1-18(2)14-12-9-6-10-13(17)16(12)19-15(14)11-7-4-3-5-8-11/h3-10H,1-2H3. The van der Waals surface area contributed by atoms with Crippen molar-refractivity contribution in [3.05, 3.63) is 53.6 Å². The molecule has 0 aliphatic carbocycles. The molecular formula is C16H14ClNS. The minimum Gasteiger partial charge on any atom is -0.376 e. The molecule has 0 amide bonds. The van der Waals surface area contributed by atoms with Gasteiger partial charge in [0.2, 0.25) is 0 Å². The van der Waals surface area contributed by atoms with E-state index in [1.807, 2.05) is 18.2 Å². The molecule has 1 nitrogen and oxygen atoms in total. The second-order valence-corrected chi connectivity index (χ2v) is 6.08. The van der Waals surface area contributed by atoms with Crippen molar-refractivity contribution in [2.75, 3.05) is 19.0 Å². The van der Waals surface area contributed by atoms with E-state index in [1.165, 1.54) is 21.5 Å². The van der Waals surface area contributed by atoms with Gasteiger partial charge in [0.25, 0.3) is 0 Å². The van der Waals surface area contributed by atoms with Crippen LogP contribution in [0.25, 0.3) is 20.5 Å². The van der Waals surface area contributed by atoms with Crippen LogP contribution in [-0.2, 0) is 0 Å². The van der Waals surface area contributed by atoms with Crippen molar-refractivity contribution in [3.63, 3.8) is 0 Å². The predicted octanol–water partition coefficient (Wildman–Crippen LogP) is 5.29. The number of fused-ring (bicyclic) bond motifs is 1. The van der Waals surface area contributed by atoms with Gasteiger partial charge in [-0.3, -0.25) is 0 Å². The Morgan fingerprint density at radius 3 is 2.37 bits per heavy atom. The Labute approximate surface area is 122 Å². The SMILES string of the molecule is CN(C)c1c(-c2ccccc2)sc2c(Cl)cccc12.